The Bertz CT molecular complexity index is 307. The molecule has 0 atom stereocenters. The van der Waals surface area contributed by atoms with Gasteiger partial charge >= 0.3 is 0 Å². The van der Waals surface area contributed by atoms with Crippen LogP contribution in [-0.2, 0) is 0 Å². The van der Waals surface area contributed by atoms with Crippen LogP contribution < -0.4 is 4.74 Å². The molecule has 0 amide bonds. The maximum absolute atomic E-state index is 8.50. The normalized spacial score (nSPS) is 8.82. The molecule has 0 aromatic carbocycles. The zero-order valence-corrected chi connectivity index (χ0v) is 6.46. The summed E-state index contributed by atoms with van der Waals surface area (Å²) in [7, 11) is 1.44. The molecule has 0 bridgehead atoms. The summed E-state index contributed by atoms with van der Waals surface area (Å²) in [4.78, 5) is 7.27. The van der Waals surface area contributed by atoms with Gasteiger partial charge in [-0.25, -0.2) is 9.97 Å². The summed E-state index contributed by atoms with van der Waals surface area (Å²) in [5.41, 5.74) is 0.146. The van der Waals surface area contributed by atoms with Crippen LogP contribution in [0.2, 0.25) is 5.28 Å². The molecule has 0 aliphatic heterocycles. The van der Waals surface area contributed by atoms with Crippen molar-refractivity contribution in [2.45, 2.75) is 0 Å². The highest BCUT2D eigenvalue weighted by Crippen LogP contribution is 2.14. The highest BCUT2D eigenvalue weighted by atomic mass is 35.5. The van der Waals surface area contributed by atoms with Crippen molar-refractivity contribution in [2.24, 2.45) is 0 Å². The molecule has 5 heteroatoms. The molecule has 0 radical (unpaired) electrons. The highest BCUT2D eigenvalue weighted by Gasteiger charge is 2.03. The van der Waals surface area contributed by atoms with Crippen LogP contribution >= 0.6 is 11.6 Å². The van der Waals surface area contributed by atoms with Gasteiger partial charge in [-0.2, -0.15) is 5.26 Å². The lowest BCUT2D eigenvalue weighted by atomic mass is 10.4. The van der Waals surface area contributed by atoms with Gasteiger partial charge in [0.05, 0.1) is 13.3 Å². The van der Waals surface area contributed by atoms with Crippen molar-refractivity contribution in [1.82, 2.24) is 9.97 Å². The second-order valence-corrected chi connectivity index (χ2v) is 2.01. The average molecular weight is 170 g/mol. The predicted molar refractivity (Wildman–Crippen MR) is 38.3 cm³/mol. The number of hydrogen-bond donors (Lipinski definition) is 0. The molecule has 56 valence electrons. The van der Waals surface area contributed by atoms with E-state index in [4.69, 9.17) is 21.6 Å². The van der Waals surface area contributed by atoms with Crippen molar-refractivity contribution in [2.75, 3.05) is 7.11 Å². The van der Waals surface area contributed by atoms with Gasteiger partial charge in [-0.05, 0) is 11.6 Å². The molecule has 0 spiro atoms. The summed E-state index contributed by atoms with van der Waals surface area (Å²) in [6, 6.07) is 1.83. The Balaban J connectivity index is 3.19. The van der Waals surface area contributed by atoms with E-state index in [2.05, 4.69) is 9.97 Å². The second kappa shape index (κ2) is 3.17. The molecule has 0 unspecified atom stereocenters. The number of halogens is 1. The zero-order valence-electron chi connectivity index (χ0n) is 5.71. The lowest BCUT2D eigenvalue weighted by molar-refractivity contribution is 0.409. The van der Waals surface area contributed by atoms with Crippen LogP contribution in [0, 0.1) is 11.3 Å². The minimum Gasteiger partial charge on any atom is -0.492 e. The minimum absolute atomic E-state index is 0.0438. The second-order valence-electron chi connectivity index (χ2n) is 1.67. The standard InChI is InChI=1S/C6H4ClN3O/c1-11-5-3-9-6(7)10-4(5)2-8/h3H,1H3. The zero-order chi connectivity index (χ0) is 8.27. The van der Waals surface area contributed by atoms with Gasteiger partial charge in [0.2, 0.25) is 5.28 Å². The molecule has 1 heterocycles. The van der Waals surface area contributed by atoms with Crippen molar-refractivity contribution in [3.63, 3.8) is 0 Å². The summed E-state index contributed by atoms with van der Waals surface area (Å²) in [5.74, 6) is 0.330. The molecular formula is C6H4ClN3O. The first-order valence-electron chi connectivity index (χ1n) is 2.74. The van der Waals surface area contributed by atoms with Gasteiger partial charge in [-0.1, -0.05) is 0 Å². The van der Waals surface area contributed by atoms with E-state index in [1.807, 2.05) is 6.07 Å². The van der Waals surface area contributed by atoms with E-state index in [0.29, 0.717) is 5.75 Å². The van der Waals surface area contributed by atoms with Crippen LogP contribution in [0.1, 0.15) is 5.69 Å². The quantitative estimate of drug-likeness (QED) is 0.589. The average Bonchev–Trinajstić information content (AvgIpc) is 2.04. The number of rotatable bonds is 1. The van der Waals surface area contributed by atoms with Crippen LogP contribution in [-0.4, -0.2) is 17.1 Å². The molecule has 0 saturated carbocycles. The SMILES string of the molecule is COc1cnc(Cl)nc1C#N. The topological polar surface area (TPSA) is 58.8 Å². The number of aromatic nitrogens is 2. The lowest BCUT2D eigenvalue weighted by Gasteiger charge is -1.98. The Morgan fingerprint density at radius 2 is 2.45 bits per heavy atom. The molecule has 1 aromatic rings. The molecule has 11 heavy (non-hydrogen) atoms. The van der Waals surface area contributed by atoms with Crippen LogP contribution in [0.5, 0.6) is 5.75 Å². The van der Waals surface area contributed by atoms with Crippen LogP contribution in [0.15, 0.2) is 6.20 Å². The van der Waals surface area contributed by atoms with Gasteiger partial charge in [0, 0.05) is 0 Å². The van der Waals surface area contributed by atoms with Gasteiger partial charge in [0.25, 0.3) is 0 Å². The van der Waals surface area contributed by atoms with E-state index in [1.54, 1.807) is 0 Å². The molecule has 0 fully saturated rings. The number of methoxy groups -OCH3 is 1. The molecule has 0 N–H and O–H groups in total. The number of nitriles is 1. The number of hydrogen-bond acceptors (Lipinski definition) is 4. The fourth-order valence-electron chi connectivity index (χ4n) is 0.579. The van der Waals surface area contributed by atoms with Crippen molar-refractivity contribution < 1.29 is 4.74 Å². The highest BCUT2D eigenvalue weighted by molar-refractivity contribution is 6.28. The maximum Gasteiger partial charge on any atom is 0.223 e. The van der Waals surface area contributed by atoms with Gasteiger partial charge < -0.3 is 4.74 Å². The molecule has 4 nitrogen and oxygen atoms in total. The van der Waals surface area contributed by atoms with Gasteiger partial charge in [-0.15, -0.1) is 0 Å². The first kappa shape index (κ1) is 7.76. The first-order valence-corrected chi connectivity index (χ1v) is 3.12. The van der Waals surface area contributed by atoms with E-state index in [1.165, 1.54) is 13.3 Å². The van der Waals surface area contributed by atoms with Gasteiger partial charge in [0.1, 0.15) is 6.07 Å². The summed E-state index contributed by atoms with van der Waals surface area (Å²) in [6.45, 7) is 0. The minimum atomic E-state index is 0.0438. The Morgan fingerprint density at radius 3 is 3.00 bits per heavy atom. The van der Waals surface area contributed by atoms with Crippen molar-refractivity contribution >= 4 is 11.6 Å². The Labute approximate surface area is 68.4 Å². The van der Waals surface area contributed by atoms with Crippen molar-refractivity contribution in [3.05, 3.63) is 17.2 Å². The molecule has 0 aliphatic carbocycles. The Hall–Kier alpha value is -1.34. The smallest absolute Gasteiger partial charge is 0.223 e. The first-order chi connectivity index (χ1) is 5.27. The van der Waals surface area contributed by atoms with Gasteiger partial charge in [-0.3, -0.25) is 0 Å². The van der Waals surface area contributed by atoms with Crippen LogP contribution in [0.3, 0.4) is 0 Å². The molecule has 1 aromatic heterocycles. The molecule has 1 rings (SSSR count). The summed E-state index contributed by atoms with van der Waals surface area (Å²) in [6.07, 6.45) is 1.36. The largest absolute Gasteiger partial charge is 0.492 e. The maximum atomic E-state index is 8.50. The summed E-state index contributed by atoms with van der Waals surface area (Å²) >= 11 is 5.42. The van der Waals surface area contributed by atoms with Crippen molar-refractivity contribution in [1.29, 1.82) is 5.26 Å². The summed E-state index contributed by atoms with van der Waals surface area (Å²) < 4.78 is 4.79. The molecule has 0 saturated heterocycles. The Morgan fingerprint density at radius 1 is 1.73 bits per heavy atom. The monoisotopic (exact) mass is 169 g/mol. The van der Waals surface area contributed by atoms with Crippen LogP contribution in [0.25, 0.3) is 0 Å². The number of nitrogens with zero attached hydrogens (tertiary/aromatic N) is 3. The fraction of sp³-hybridized carbons (Fsp3) is 0.167. The third-order valence-corrected chi connectivity index (χ3v) is 1.23. The summed E-state index contributed by atoms with van der Waals surface area (Å²) in [5, 5.41) is 8.54. The fourth-order valence-corrected chi connectivity index (χ4v) is 0.712. The number of ether oxygens (including phenoxy) is 1. The molecule has 0 aliphatic rings. The van der Waals surface area contributed by atoms with E-state index in [0.717, 1.165) is 0 Å². The van der Waals surface area contributed by atoms with E-state index >= 15 is 0 Å². The predicted octanol–water partition coefficient (Wildman–Crippen LogP) is 1.01. The van der Waals surface area contributed by atoms with Gasteiger partial charge in [0.15, 0.2) is 11.4 Å². The lowest BCUT2D eigenvalue weighted by Crippen LogP contribution is -1.93. The van der Waals surface area contributed by atoms with E-state index < -0.39 is 0 Å². The third kappa shape index (κ3) is 1.57. The molecular weight excluding hydrogens is 166 g/mol. The van der Waals surface area contributed by atoms with Crippen molar-refractivity contribution in [3.8, 4) is 11.8 Å². The van der Waals surface area contributed by atoms with E-state index in [9.17, 15) is 0 Å². The van der Waals surface area contributed by atoms with E-state index in [-0.39, 0.29) is 11.0 Å². The third-order valence-electron chi connectivity index (χ3n) is 1.05. The Kier molecular flexibility index (Phi) is 2.24. The van der Waals surface area contributed by atoms with Crippen LogP contribution in [0.4, 0.5) is 0 Å².